The summed E-state index contributed by atoms with van der Waals surface area (Å²) in [4.78, 5) is 16.5. The highest BCUT2D eigenvalue weighted by atomic mass is 16.5. The van der Waals surface area contributed by atoms with Crippen molar-refractivity contribution in [1.29, 1.82) is 0 Å². The van der Waals surface area contributed by atoms with Gasteiger partial charge in [-0.15, -0.1) is 0 Å². The average molecular weight is 350 g/mol. The summed E-state index contributed by atoms with van der Waals surface area (Å²) in [5, 5.41) is 2.80. The summed E-state index contributed by atoms with van der Waals surface area (Å²) < 4.78 is 11.0. The molecule has 3 rings (SSSR count). The standard InChI is InChI=1S/C21H22N2O3/c1-3-16-13-15(9-10-19(16)25-2)14-18-21(24)23-20(22-18)11-12-26-17-7-5-4-6-8-17/h4-10,13-14H,3,11-12H2,1-2H3,(H,22,23,24)/b18-14+. The van der Waals surface area contributed by atoms with Gasteiger partial charge in [-0.05, 0) is 47.9 Å². The van der Waals surface area contributed by atoms with Crippen molar-refractivity contribution in [2.75, 3.05) is 13.7 Å². The lowest BCUT2D eigenvalue weighted by molar-refractivity contribution is -0.115. The third-order valence-electron chi connectivity index (χ3n) is 4.09. The van der Waals surface area contributed by atoms with Crippen LogP contribution in [0.5, 0.6) is 11.5 Å². The maximum atomic E-state index is 12.1. The molecule has 1 N–H and O–H groups in total. The van der Waals surface area contributed by atoms with Gasteiger partial charge in [0.25, 0.3) is 5.91 Å². The van der Waals surface area contributed by atoms with Crippen LogP contribution in [0.25, 0.3) is 6.08 Å². The Morgan fingerprint density at radius 2 is 1.96 bits per heavy atom. The molecule has 0 fully saturated rings. The quantitative estimate of drug-likeness (QED) is 0.776. The van der Waals surface area contributed by atoms with Crippen LogP contribution < -0.4 is 14.8 Å². The fraction of sp³-hybridized carbons (Fsp3) is 0.238. The van der Waals surface area contributed by atoms with Gasteiger partial charge in [0.15, 0.2) is 0 Å². The van der Waals surface area contributed by atoms with E-state index in [-0.39, 0.29) is 5.91 Å². The van der Waals surface area contributed by atoms with Crippen molar-refractivity contribution in [2.24, 2.45) is 4.99 Å². The van der Waals surface area contributed by atoms with Crippen molar-refractivity contribution < 1.29 is 14.3 Å². The first-order valence-corrected chi connectivity index (χ1v) is 8.65. The van der Waals surface area contributed by atoms with Crippen LogP contribution in [0.1, 0.15) is 24.5 Å². The molecular weight excluding hydrogens is 328 g/mol. The van der Waals surface area contributed by atoms with Gasteiger partial charge >= 0.3 is 0 Å². The Kier molecular flexibility index (Phi) is 5.69. The summed E-state index contributed by atoms with van der Waals surface area (Å²) >= 11 is 0. The Hall–Kier alpha value is -3.08. The number of hydrogen-bond acceptors (Lipinski definition) is 4. The predicted molar refractivity (Wildman–Crippen MR) is 102 cm³/mol. The van der Waals surface area contributed by atoms with E-state index in [1.165, 1.54) is 0 Å². The molecule has 1 aliphatic heterocycles. The Labute approximate surface area is 153 Å². The minimum absolute atomic E-state index is 0.187. The second-order valence-electron chi connectivity index (χ2n) is 5.88. The number of ether oxygens (including phenoxy) is 2. The SMILES string of the molecule is CCc1cc(/C=C2/N=C(CCOc3ccccc3)NC2=O)ccc1OC. The number of aliphatic imine (C=N–C) groups is 1. The van der Waals surface area contributed by atoms with Crippen molar-refractivity contribution in [3.05, 3.63) is 65.4 Å². The predicted octanol–water partition coefficient (Wildman–Crippen LogP) is 3.60. The zero-order valence-corrected chi connectivity index (χ0v) is 15.0. The summed E-state index contributed by atoms with van der Waals surface area (Å²) in [6, 6.07) is 15.4. The van der Waals surface area contributed by atoms with Crippen molar-refractivity contribution in [2.45, 2.75) is 19.8 Å². The summed E-state index contributed by atoms with van der Waals surface area (Å²) in [6.45, 7) is 2.53. The molecule has 0 saturated heterocycles. The smallest absolute Gasteiger partial charge is 0.275 e. The maximum Gasteiger partial charge on any atom is 0.275 e. The third kappa shape index (κ3) is 4.30. The van der Waals surface area contributed by atoms with Crippen LogP contribution in [0.2, 0.25) is 0 Å². The second-order valence-corrected chi connectivity index (χ2v) is 5.88. The number of hydrogen-bond donors (Lipinski definition) is 1. The van der Waals surface area contributed by atoms with Crippen molar-refractivity contribution in [3.63, 3.8) is 0 Å². The van der Waals surface area contributed by atoms with Crippen LogP contribution in [0.4, 0.5) is 0 Å². The highest BCUT2D eigenvalue weighted by Gasteiger charge is 2.19. The van der Waals surface area contributed by atoms with Crippen LogP contribution in [0, 0.1) is 0 Å². The van der Waals surface area contributed by atoms with E-state index in [0.717, 1.165) is 29.0 Å². The Bertz CT molecular complexity index is 842. The van der Waals surface area contributed by atoms with Gasteiger partial charge in [-0.2, -0.15) is 0 Å². The Morgan fingerprint density at radius 1 is 1.15 bits per heavy atom. The van der Waals surface area contributed by atoms with Crippen LogP contribution in [-0.2, 0) is 11.2 Å². The summed E-state index contributed by atoms with van der Waals surface area (Å²) in [5.74, 6) is 2.10. The monoisotopic (exact) mass is 350 g/mol. The normalized spacial score (nSPS) is 14.9. The molecule has 0 atom stereocenters. The van der Waals surface area contributed by atoms with E-state index >= 15 is 0 Å². The lowest BCUT2D eigenvalue weighted by Crippen LogP contribution is -2.25. The molecular formula is C21H22N2O3. The number of amidine groups is 1. The summed E-state index contributed by atoms with van der Waals surface area (Å²) in [7, 11) is 1.66. The minimum Gasteiger partial charge on any atom is -0.496 e. The van der Waals surface area contributed by atoms with Crippen LogP contribution in [0.3, 0.4) is 0 Å². The van der Waals surface area contributed by atoms with Gasteiger partial charge in [-0.1, -0.05) is 31.2 Å². The molecule has 134 valence electrons. The van der Waals surface area contributed by atoms with E-state index in [2.05, 4.69) is 17.2 Å². The Balaban J connectivity index is 1.66. The van der Waals surface area contributed by atoms with E-state index < -0.39 is 0 Å². The van der Waals surface area contributed by atoms with Crippen molar-refractivity contribution in [1.82, 2.24) is 5.32 Å². The number of nitrogens with zero attached hydrogens (tertiary/aromatic N) is 1. The molecule has 1 heterocycles. The number of para-hydroxylation sites is 1. The highest BCUT2D eigenvalue weighted by Crippen LogP contribution is 2.22. The number of aryl methyl sites for hydroxylation is 1. The molecule has 1 aliphatic rings. The Morgan fingerprint density at radius 3 is 2.69 bits per heavy atom. The number of benzene rings is 2. The zero-order chi connectivity index (χ0) is 18.4. The van der Waals surface area contributed by atoms with E-state index in [1.807, 2.05) is 48.5 Å². The molecule has 0 spiro atoms. The van der Waals surface area contributed by atoms with Gasteiger partial charge in [0, 0.05) is 6.42 Å². The summed E-state index contributed by atoms with van der Waals surface area (Å²) in [5.41, 5.74) is 2.44. The number of amides is 1. The van der Waals surface area contributed by atoms with Gasteiger partial charge in [0.2, 0.25) is 0 Å². The van der Waals surface area contributed by atoms with E-state index in [9.17, 15) is 4.79 Å². The summed E-state index contributed by atoms with van der Waals surface area (Å²) in [6.07, 6.45) is 3.19. The van der Waals surface area contributed by atoms with Crippen molar-refractivity contribution in [3.8, 4) is 11.5 Å². The molecule has 0 unspecified atom stereocenters. The topological polar surface area (TPSA) is 59.9 Å². The lowest BCUT2D eigenvalue weighted by Gasteiger charge is -2.07. The van der Waals surface area contributed by atoms with E-state index in [0.29, 0.717) is 24.6 Å². The lowest BCUT2D eigenvalue weighted by atomic mass is 10.1. The van der Waals surface area contributed by atoms with Crippen LogP contribution in [0.15, 0.2) is 59.2 Å². The molecule has 5 nitrogen and oxygen atoms in total. The fourth-order valence-corrected chi connectivity index (χ4v) is 2.74. The second kappa shape index (κ2) is 8.34. The number of carbonyl (C=O) groups is 1. The number of nitrogens with one attached hydrogen (secondary N) is 1. The van der Waals surface area contributed by atoms with Crippen LogP contribution in [-0.4, -0.2) is 25.5 Å². The first-order valence-electron chi connectivity index (χ1n) is 8.65. The molecule has 5 heteroatoms. The van der Waals surface area contributed by atoms with Crippen molar-refractivity contribution >= 4 is 17.8 Å². The molecule has 0 aromatic heterocycles. The molecule has 1 amide bonds. The number of carbonyl (C=O) groups excluding carboxylic acids is 1. The molecule has 0 bridgehead atoms. The maximum absolute atomic E-state index is 12.1. The van der Waals surface area contributed by atoms with Crippen LogP contribution >= 0.6 is 0 Å². The van der Waals surface area contributed by atoms with Gasteiger partial charge in [0.1, 0.15) is 23.0 Å². The first kappa shape index (κ1) is 17.7. The molecule has 26 heavy (non-hydrogen) atoms. The first-order chi connectivity index (χ1) is 12.7. The van der Waals surface area contributed by atoms with Gasteiger partial charge in [0.05, 0.1) is 13.7 Å². The van der Waals surface area contributed by atoms with E-state index in [4.69, 9.17) is 9.47 Å². The molecule has 2 aromatic rings. The number of rotatable bonds is 7. The van der Waals surface area contributed by atoms with Gasteiger partial charge < -0.3 is 14.8 Å². The van der Waals surface area contributed by atoms with Gasteiger partial charge in [-0.25, -0.2) is 4.99 Å². The molecule has 0 radical (unpaired) electrons. The third-order valence-corrected chi connectivity index (χ3v) is 4.09. The average Bonchev–Trinajstić information content (AvgIpc) is 3.01. The highest BCUT2D eigenvalue weighted by molar-refractivity contribution is 6.14. The minimum atomic E-state index is -0.187. The molecule has 2 aromatic carbocycles. The zero-order valence-electron chi connectivity index (χ0n) is 15.0. The van der Waals surface area contributed by atoms with E-state index in [1.54, 1.807) is 13.2 Å². The van der Waals surface area contributed by atoms with Gasteiger partial charge in [-0.3, -0.25) is 4.79 Å². The largest absolute Gasteiger partial charge is 0.496 e. The number of methoxy groups -OCH3 is 1. The molecule has 0 saturated carbocycles. The fourth-order valence-electron chi connectivity index (χ4n) is 2.74. The molecule has 0 aliphatic carbocycles.